The van der Waals surface area contributed by atoms with Crippen LogP contribution in [0.15, 0.2) is 79.0 Å². The van der Waals surface area contributed by atoms with Crippen LogP contribution in [0, 0.1) is 0 Å². The van der Waals surface area contributed by atoms with Crippen molar-refractivity contribution in [3.63, 3.8) is 0 Å². The molecule has 1 fully saturated rings. The molecule has 1 aromatic heterocycles. The fourth-order valence-electron chi connectivity index (χ4n) is 3.62. The minimum atomic E-state index is -0.209. The van der Waals surface area contributed by atoms with Crippen LogP contribution < -0.4 is 15.0 Å². The highest BCUT2D eigenvalue weighted by Crippen LogP contribution is 2.18. The number of piperazine rings is 1. The summed E-state index contributed by atoms with van der Waals surface area (Å²) in [5.41, 5.74) is 2.25. The number of amides is 2. The van der Waals surface area contributed by atoms with Gasteiger partial charge in [-0.15, -0.1) is 0 Å². The zero-order valence-corrected chi connectivity index (χ0v) is 18.5. The Morgan fingerprint density at radius 3 is 2.30 bits per heavy atom. The molecule has 0 unspecified atom stereocenters. The molecule has 2 aromatic carbocycles. The van der Waals surface area contributed by atoms with Crippen molar-refractivity contribution < 1.29 is 14.3 Å². The van der Waals surface area contributed by atoms with Crippen molar-refractivity contribution >= 4 is 29.4 Å². The number of nitrogens with one attached hydrogen (secondary N) is 1. The average Bonchev–Trinajstić information content (AvgIpc) is 2.88. The van der Waals surface area contributed by atoms with E-state index >= 15 is 0 Å². The number of hydrogen-bond donors (Lipinski definition) is 1. The van der Waals surface area contributed by atoms with E-state index in [0.29, 0.717) is 37.4 Å². The average molecular weight is 443 g/mol. The molecule has 33 heavy (non-hydrogen) atoms. The number of ether oxygens (including phenoxy) is 1. The molecule has 1 N–H and O–H groups in total. The molecule has 2 heterocycles. The van der Waals surface area contributed by atoms with Crippen molar-refractivity contribution in [2.24, 2.45) is 0 Å². The summed E-state index contributed by atoms with van der Waals surface area (Å²) in [6.07, 6.45) is 4.92. The smallest absolute Gasteiger partial charge is 0.253 e. The van der Waals surface area contributed by atoms with Crippen molar-refractivity contribution in [1.29, 1.82) is 0 Å². The molecule has 1 saturated heterocycles. The first-order chi connectivity index (χ1) is 16.1. The van der Waals surface area contributed by atoms with Crippen LogP contribution in [0.4, 0.5) is 11.5 Å². The molecule has 7 heteroatoms. The van der Waals surface area contributed by atoms with Crippen LogP contribution in [0.2, 0.25) is 0 Å². The Morgan fingerprint density at radius 1 is 0.939 bits per heavy atom. The third-order valence-corrected chi connectivity index (χ3v) is 5.47. The van der Waals surface area contributed by atoms with Crippen LogP contribution in [0.5, 0.6) is 5.75 Å². The summed E-state index contributed by atoms with van der Waals surface area (Å²) in [5.74, 6) is 1.37. The molecule has 168 valence electrons. The van der Waals surface area contributed by atoms with Crippen molar-refractivity contribution in [3.8, 4) is 5.75 Å². The Hall–Kier alpha value is -4.13. The Labute approximate surface area is 193 Å². The van der Waals surface area contributed by atoms with Crippen molar-refractivity contribution in [2.45, 2.75) is 0 Å². The van der Waals surface area contributed by atoms with E-state index in [4.69, 9.17) is 4.74 Å². The van der Waals surface area contributed by atoms with E-state index in [1.54, 1.807) is 43.6 Å². The first kappa shape index (κ1) is 22.1. The first-order valence-corrected chi connectivity index (χ1v) is 10.8. The molecule has 4 rings (SSSR count). The highest BCUT2D eigenvalue weighted by atomic mass is 16.5. The quantitative estimate of drug-likeness (QED) is 0.589. The lowest BCUT2D eigenvalue weighted by Crippen LogP contribution is -2.49. The van der Waals surface area contributed by atoms with E-state index in [9.17, 15) is 9.59 Å². The monoisotopic (exact) mass is 442 g/mol. The second kappa shape index (κ2) is 10.5. The molecular formula is C26H26N4O3. The first-order valence-electron chi connectivity index (χ1n) is 10.8. The summed E-state index contributed by atoms with van der Waals surface area (Å²) >= 11 is 0. The van der Waals surface area contributed by atoms with Gasteiger partial charge >= 0.3 is 0 Å². The summed E-state index contributed by atoms with van der Waals surface area (Å²) < 4.78 is 5.15. The van der Waals surface area contributed by atoms with E-state index < -0.39 is 0 Å². The fraction of sp³-hybridized carbons (Fsp3) is 0.192. The molecule has 0 radical (unpaired) electrons. The van der Waals surface area contributed by atoms with Crippen molar-refractivity contribution in [3.05, 3.63) is 90.1 Å². The molecule has 7 nitrogen and oxygen atoms in total. The summed E-state index contributed by atoms with van der Waals surface area (Å²) in [6, 6.07) is 20.6. The van der Waals surface area contributed by atoms with Gasteiger partial charge in [0, 0.05) is 37.8 Å². The predicted octanol–water partition coefficient (Wildman–Crippen LogP) is 3.70. The molecular weight excluding hydrogens is 416 g/mol. The Balaban J connectivity index is 1.28. The molecule has 1 aliphatic heterocycles. The number of carbonyl (C=O) groups is 2. The number of pyridine rings is 1. The van der Waals surface area contributed by atoms with Gasteiger partial charge in [0.25, 0.3) is 5.91 Å². The second-order valence-electron chi connectivity index (χ2n) is 7.65. The van der Waals surface area contributed by atoms with Crippen LogP contribution in [-0.2, 0) is 4.79 Å². The lowest BCUT2D eigenvalue weighted by atomic mass is 10.1. The Bertz CT molecular complexity index is 1100. The third-order valence-electron chi connectivity index (χ3n) is 5.47. The zero-order valence-electron chi connectivity index (χ0n) is 18.5. The molecule has 2 amide bonds. The molecule has 0 spiro atoms. The van der Waals surface area contributed by atoms with Crippen molar-refractivity contribution in [2.75, 3.05) is 43.5 Å². The lowest BCUT2D eigenvalue weighted by Gasteiger charge is -2.35. The summed E-state index contributed by atoms with van der Waals surface area (Å²) in [6.45, 7) is 2.63. The van der Waals surface area contributed by atoms with E-state index in [1.165, 1.54) is 6.08 Å². The number of anilines is 2. The number of nitrogens with zero attached hydrogens (tertiary/aromatic N) is 3. The summed E-state index contributed by atoms with van der Waals surface area (Å²) in [5, 5.41) is 2.82. The molecule has 0 bridgehead atoms. The highest BCUT2D eigenvalue weighted by molar-refractivity contribution is 6.01. The largest absolute Gasteiger partial charge is 0.497 e. The number of benzene rings is 2. The van der Waals surface area contributed by atoms with Crippen LogP contribution in [0.25, 0.3) is 6.08 Å². The van der Waals surface area contributed by atoms with Crippen LogP contribution in [0.3, 0.4) is 0 Å². The minimum absolute atomic E-state index is 0.0203. The second-order valence-corrected chi connectivity index (χ2v) is 7.65. The normalized spacial score (nSPS) is 13.7. The fourth-order valence-corrected chi connectivity index (χ4v) is 3.62. The van der Waals surface area contributed by atoms with Crippen LogP contribution >= 0.6 is 0 Å². The third kappa shape index (κ3) is 5.77. The van der Waals surface area contributed by atoms with Crippen molar-refractivity contribution in [1.82, 2.24) is 9.88 Å². The topological polar surface area (TPSA) is 74.8 Å². The maximum atomic E-state index is 12.7. The van der Waals surface area contributed by atoms with Gasteiger partial charge in [-0.1, -0.05) is 30.3 Å². The molecule has 0 atom stereocenters. The van der Waals surface area contributed by atoms with Gasteiger partial charge in [-0.3, -0.25) is 9.59 Å². The van der Waals surface area contributed by atoms with Crippen LogP contribution in [-0.4, -0.2) is 55.0 Å². The summed E-state index contributed by atoms with van der Waals surface area (Å²) in [7, 11) is 1.60. The molecule has 1 aliphatic rings. The van der Waals surface area contributed by atoms with Gasteiger partial charge in [-0.2, -0.15) is 0 Å². The molecule has 0 aliphatic carbocycles. The number of rotatable bonds is 6. The number of carbonyl (C=O) groups excluding carboxylic acids is 2. The SMILES string of the molecule is COc1ccc(C(=O)N2CCN(c3ccc(NC(=O)/C=C/c4ccccc4)cn3)CC2)cc1. The number of hydrogen-bond acceptors (Lipinski definition) is 5. The van der Waals surface area contributed by atoms with Gasteiger partial charge in [-0.05, 0) is 48.0 Å². The maximum absolute atomic E-state index is 12.7. The van der Waals surface area contributed by atoms with Gasteiger partial charge in [-0.25, -0.2) is 4.98 Å². The minimum Gasteiger partial charge on any atom is -0.497 e. The number of aromatic nitrogens is 1. The molecule has 0 saturated carbocycles. The Morgan fingerprint density at radius 2 is 1.67 bits per heavy atom. The van der Waals surface area contributed by atoms with E-state index in [2.05, 4.69) is 15.2 Å². The standard InChI is InChI=1S/C26H26N4O3/c1-33-23-11-8-21(9-12-23)26(32)30-17-15-29(16-18-30)24-13-10-22(19-27-24)28-25(31)14-7-20-5-3-2-4-6-20/h2-14,19H,15-18H2,1H3,(H,28,31)/b14-7+. The predicted molar refractivity (Wildman–Crippen MR) is 129 cm³/mol. The highest BCUT2D eigenvalue weighted by Gasteiger charge is 2.23. The zero-order chi connectivity index (χ0) is 23.0. The lowest BCUT2D eigenvalue weighted by molar-refractivity contribution is -0.111. The van der Waals surface area contributed by atoms with Gasteiger partial charge in [0.15, 0.2) is 0 Å². The van der Waals surface area contributed by atoms with Gasteiger partial charge < -0.3 is 19.9 Å². The number of methoxy groups -OCH3 is 1. The van der Waals surface area contributed by atoms with Crippen LogP contribution in [0.1, 0.15) is 15.9 Å². The Kier molecular flexibility index (Phi) is 6.99. The summed E-state index contributed by atoms with van der Waals surface area (Å²) in [4.78, 5) is 33.4. The van der Waals surface area contributed by atoms with Gasteiger partial charge in [0.1, 0.15) is 11.6 Å². The van der Waals surface area contributed by atoms with Gasteiger partial charge in [0.2, 0.25) is 5.91 Å². The maximum Gasteiger partial charge on any atom is 0.253 e. The van der Waals surface area contributed by atoms with E-state index in [1.807, 2.05) is 47.4 Å². The van der Waals surface area contributed by atoms with E-state index in [-0.39, 0.29) is 11.8 Å². The molecule has 3 aromatic rings. The van der Waals surface area contributed by atoms with E-state index in [0.717, 1.165) is 17.1 Å². The van der Waals surface area contributed by atoms with Gasteiger partial charge in [0.05, 0.1) is 19.0 Å².